The summed E-state index contributed by atoms with van der Waals surface area (Å²) in [5.74, 6) is 1.14. The van der Waals surface area contributed by atoms with Crippen molar-refractivity contribution in [2.45, 2.75) is 25.9 Å². The average molecular weight is 315 g/mol. The maximum Gasteiger partial charge on any atom is 0.320 e. The summed E-state index contributed by atoms with van der Waals surface area (Å²) < 4.78 is 7.19. The highest BCUT2D eigenvalue weighted by molar-refractivity contribution is 5.88. The number of hydrogen-bond acceptors (Lipinski definition) is 4. The fourth-order valence-corrected chi connectivity index (χ4v) is 2.62. The lowest BCUT2D eigenvalue weighted by atomic mass is 10.1. The lowest BCUT2D eigenvalue weighted by Gasteiger charge is -2.16. The van der Waals surface area contributed by atoms with E-state index in [0.717, 1.165) is 31.7 Å². The van der Waals surface area contributed by atoms with E-state index in [0.29, 0.717) is 11.7 Å². The van der Waals surface area contributed by atoms with Crippen LogP contribution in [0.4, 0.5) is 10.6 Å². The highest BCUT2D eigenvalue weighted by Crippen LogP contribution is 2.17. The molecule has 23 heavy (non-hydrogen) atoms. The Bertz CT molecular complexity index is 637. The van der Waals surface area contributed by atoms with E-state index < -0.39 is 0 Å². The molecule has 2 aromatic heterocycles. The van der Waals surface area contributed by atoms with Gasteiger partial charge in [-0.2, -0.15) is 5.10 Å². The zero-order valence-electron chi connectivity index (χ0n) is 13.1. The lowest BCUT2D eigenvalue weighted by Crippen LogP contribution is -2.32. The Hall–Kier alpha value is -2.41. The molecule has 2 amide bonds. The van der Waals surface area contributed by atoms with Gasteiger partial charge in [-0.1, -0.05) is 6.07 Å². The van der Waals surface area contributed by atoms with Gasteiger partial charge in [-0.3, -0.25) is 10.3 Å². The summed E-state index contributed by atoms with van der Waals surface area (Å²) in [5, 5.41) is 10.0. The van der Waals surface area contributed by atoms with E-state index in [1.54, 1.807) is 24.7 Å². The number of amides is 2. The Balaban J connectivity index is 1.56. The van der Waals surface area contributed by atoms with Gasteiger partial charge in [-0.05, 0) is 25.0 Å². The van der Waals surface area contributed by atoms with Crippen LogP contribution in [0.2, 0.25) is 0 Å². The van der Waals surface area contributed by atoms with Crippen molar-refractivity contribution in [1.82, 2.24) is 20.1 Å². The number of carbonyl (C=O) groups excluding carboxylic acids is 1. The van der Waals surface area contributed by atoms with Gasteiger partial charge >= 0.3 is 6.03 Å². The normalized spacial score (nSPS) is 18.6. The number of nitrogens with zero attached hydrogens (tertiary/aromatic N) is 3. The number of nitrogens with one attached hydrogen (secondary N) is 2. The topological polar surface area (TPSA) is 81.1 Å². The number of ether oxygens (including phenoxy) is 1. The van der Waals surface area contributed by atoms with Crippen LogP contribution in [0.1, 0.15) is 24.9 Å². The monoisotopic (exact) mass is 315 g/mol. The molecule has 0 aliphatic carbocycles. The SMILES string of the molecule is C[C@@H](NC(=O)Nc1ccnn1C[C@H]1CCOC1)c1cccnc1. The van der Waals surface area contributed by atoms with Crippen LogP contribution in [-0.2, 0) is 11.3 Å². The number of rotatable bonds is 5. The number of carbonyl (C=O) groups is 1. The van der Waals surface area contributed by atoms with E-state index in [4.69, 9.17) is 4.74 Å². The predicted molar refractivity (Wildman–Crippen MR) is 86.0 cm³/mol. The molecule has 0 radical (unpaired) electrons. The predicted octanol–water partition coefficient (Wildman–Crippen LogP) is 2.20. The number of anilines is 1. The average Bonchev–Trinajstić information content (AvgIpc) is 3.21. The van der Waals surface area contributed by atoms with Gasteiger partial charge in [0, 0.05) is 37.5 Å². The molecule has 3 heterocycles. The fraction of sp³-hybridized carbons (Fsp3) is 0.438. The van der Waals surface area contributed by atoms with Gasteiger partial charge in [0.25, 0.3) is 0 Å². The first kappa shape index (κ1) is 15.5. The Morgan fingerprint density at radius 1 is 1.48 bits per heavy atom. The molecule has 1 aliphatic rings. The molecule has 0 spiro atoms. The molecule has 0 aromatic carbocycles. The summed E-state index contributed by atoms with van der Waals surface area (Å²) in [6.07, 6.45) is 6.18. The summed E-state index contributed by atoms with van der Waals surface area (Å²) in [6.45, 7) is 4.23. The largest absolute Gasteiger partial charge is 0.381 e. The van der Waals surface area contributed by atoms with Crippen molar-refractivity contribution in [2.75, 3.05) is 18.5 Å². The van der Waals surface area contributed by atoms with Crippen LogP contribution in [0.3, 0.4) is 0 Å². The quantitative estimate of drug-likeness (QED) is 0.886. The third-order valence-corrected chi connectivity index (χ3v) is 3.95. The summed E-state index contributed by atoms with van der Waals surface area (Å²) in [5.41, 5.74) is 0.958. The van der Waals surface area contributed by atoms with Crippen molar-refractivity contribution in [2.24, 2.45) is 5.92 Å². The van der Waals surface area contributed by atoms with Crippen molar-refractivity contribution in [1.29, 1.82) is 0 Å². The van der Waals surface area contributed by atoms with Crippen LogP contribution in [0.5, 0.6) is 0 Å². The Morgan fingerprint density at radius 2 is 2.39 bits per heavy atom. The molecule has 2 N–H and O–H groups in total. The number of aromatic nitrogens is 3. The number of urea groups is 1. The van der Waals surface area contributed by atoms with Gasteiger partial charge in [0.1, 0.15) is 5.82 Å². The van der Waals surface area contributed by atoms with E-state index in [2.05, 4.69) is 20.7 Å². The second kappa shape index (κ2) is 7.23. The maximum atomic E-state index is 12.2. The van der Waals surface area contributed by atoms with E-state index in [1.165, 1.54) is 0 Å². The van der Waals surface area contributed by atoms with Crippen molar-refractivity contribution >= 4 is 11.8 Å². The first-order valence-electron chi connectivity index (χ1n) is 7.79. The summed E-state index contributed by atoms with van der Waals surface area (Å²) in [6, 6.07) is 5.20. The minimum Gasteiger partial charge on any atom is -0.381 e. The third kappa shape index (κ3) is 4.07. The van der Waals surface area contributed by atoms with Gasteiger partial charge in [0.15, 0.2) is 0 Å². The zero-order chi connectivity index (χ0) is 16.1. The van der Waals surface area contributed by atoms with Crippen LogP contribution in [0.25, 0.3) is 0 Å². The Kier molecular flexibility index (Phi) is 4.87. The van der Waals surface area contributed by atoms with Crippen LogP contribution in [0, 0.1) is 5.92 Å². The standard InChI is InChI=1S/C16H21N5O2/c1-12(14-3-2-6-17-9-14)19-16(22)20-15-4-7-18-21(15)10-13-5-8-23-11-13/h2-4,6-7,9,12-13H,5,8,10-11H2,1H3,(H2,19,20,22)/t12-,13-/m1/s1. The van der Waals surface area contributed by atoms with Crippen LogP contribution < -0.4 is 10.6 Å². The molecule has 2 aromatic rings. The van der Waals surface area contributed by atoms with Crippen LogP contribution in [-0.4, -0.2) is 34.0 Å². The molecule has 0 saturated carbocycles. The van der Waals surface area contributed by atoms with Gasteiger partial charge in [-0.15, -0.1) is 0 Å². The van der Waals surface area contributed by atoms with E-state index >= 15 is 0 Å². The first-order chi connectivity index (χ1) is 11.2. The van der Waals surface area contributed by atoms with E-state index in [1.807, 2.05) is 23.7 Å². The smallest absolute Gasteiger partial charge is 0.320 e. The summed E-state index contributed by atoms with van der Waals surface area (Å²) >= 11 is 0. The minimum absolute atomic E-state index is 0.122. The molecule has 0 unspecified atom stereocenters. The van der Waals surface area contributed by atoms with Gasteiger partial charge in [-0.25, -0.2) is 9.48 Å². The molecule has 7 heteroatoms. The molecule has 3 rings (SSSR count). The summed E-state index contributed by atoms with van der Waals surface area (Å²) in [7, 11) is 0. The molecular weight excluding hydrogens is 294 g/mol. The van der Waals surface area contributed by atoms with Crippen molar-refractivity contribution in [3.05, 3.63) is 42.4 Å². The molecule has 7 nitrogen and oxygen atoms in total. The van der Waals surface area contributed by atoms with Crippen molar-refractivity contribution < 1.29 is 9.53 Å². The Labute approximate surface area is 135 Å². The number of hydrogen-bond donors (Lipinski definition) is 2. The van der Waals surface area contributed by atoms with E-state index in [-0.39, 0.29) is 12.1 Å². The lowest BCUT2D eigenvalue weighted by molar-refractivity contribution is 0.181. The molecule has 122 valence electrons. The zero-order valence-corrected chi connectivity index (χ0v) is 13.1. The van der Waals surface area contributed by atoms with Gasteiger partial charge < -0.3 is 10.1 Å². The minimum atomic E-state index is -0.259. The Morgan fingerprint density at radius 3 is 3.13 bits per heavy atom. The molecule has 2 atom stereocenters. The first-order valence-corrected chi connectivity index (χ1v) is 7.79. The van der Waals surface area contributed by atoms with Crippen LogP contribution in [0.15, 0.2) is 36.8 Å². The van der Waals surface area contributed by atoms with E-state index in [9.17, 15) is 4.79 Å². The molecular formula is C16H21N5O2. The second-order valence-corrected chi connectivity index (χ2v) is 5.73. The van der Waals surface area contributed by atoms with Crippen molar-refractivity contribution in [3.63, 3.8) is 0 Å². The highest BCUT2D eigenvalue weighted by atomic mass is 16.5. The van der Waals surface area contributed by atoms with Crippen molar-refractivity contribution in [3.8, 4) is 0 Å². The van der Waals surface area contributed by atoms with Gasteiger partial charge in [0.05, 0.1) is 18.8 Å². The maximum absolute atomic E-state index is 12.2. The highest BCUT2D eigenvalue weighted by Gasteiger charge is 2.18. The fourth-order valence-electron chi connectivity index (χ4n) is 2.62. The summed E-state index contributed by atoms with van der Waals surface area (Å²) in [4.78, 5) is 16.2. The second-order valence-electron chi connectivity index (χ2n) is 5.73. The van der Waals surface area contributed by atoms with Crippen LogP contribution >= 0.6 is 0 Å². The molecule has 0 bridgehead atoms. The van der Waals surface area contributed by atoms with Gasteiger partial charge in [0.2, 0.25) is 0 Å². The molecule has 1 fully saturated rings. The molecule has 1 aliphatic heterocycles. The molecule has 1 saturated heterocycles. The number of pyridine rings is 1. The third-order valence-electron chi connectivity index (χ3n) is 3.95.